The van der Waals surface area contributed by atoms with Crippen LogP contribution in [0.4, 0.5) is 5.69 Å². The van der Waals surface area contributed by atoms with E-state index in [1.54, 1.807) is 43.3 Å². The molecule has 1 heterocycles. The van der Waals surface area contributed by atoms with Gasteiger partial charge in [0.2, 0.25) is 11.8 Å². The number of ether oxygens (including phenoxy) is 1. The molecule has 2 aromatic rings. The lowest BCUT2D eigenvalue weighted by atomic mass is 9.59. The smallest absolute Gasteiger partial charge is 0.238 e. The normalized spacial score (nSPS) is 26.9. The predicted molar refractivity (Wildman–Crippen MR) is 135 cm³/mol. The maximum absolute atomic E-state index is 13.8. The van der Waals surface area contributed by atoms with Crippen molar-refractivity contribution in [2.75, 3.05) is 12.0 Å². The van der Waals surface area contributed by atoms with Gasteiger partial charge in [-0.1, -0.05) is 35.9 Å². The number of hydrogen-bond acceptors (Lipinski definition) is 6. The average Bonchev–Trinajstić information content (AvgIpc) is 3.16. The fourth-order valence-corrected chi connectivity index (χ4v) is 6.52. The van der Waals surface area contributed by atoms with Crippen molar-refractivity contribution in [2.24, 2.45) is 17.8 Å². The number of benzene rings is 2. The number of anilines is 1. The van der Waals surface area contributed by atoms with Crippen molar-refractivity contribution in [3.8, 4) is 11.5 Å². The number of rotatable bonds is 3. The van der Waals surface area contributed by atoms with Gasteiger partial charge in [-0.05, 0) is 56.0 Å². The van der Waals surface area contributed by atoms with Crippen molar-refractivity contribution in [2.45, 2.75) is 25.7 Å². The summed E-state index contributed by atoms with van der Waals surface area (Å²) in [6.07, 6.45) is 3.78. The first kappa shape index (κ1) is 23.2. The van der Waals surface area contributed by atoms with Gasteiger partial charge in [-0.3, -0.25) is 24.1 Å². The number of para-hydroxylation sites is 1. The Hall–Kier alpha value is -4.26. The molecule has 0 bridgehead atoms. The molecule has 1 fully saturated rings. The fraction of sp³-hybridized carbons (Fsp3) is 0.267. The largest absolute Gasteiger partial charge is 0.507 e. The fourth-order valence-electron chi connectivity index (χ4n) is 6.52. The van der Waals surface area contributed by atoms with E-state index in [1.165, 1.54) is 24.2 Å². The van der Waals surface area contributed by atoms with Crippen LogP contribution in [-0.2, 0) is 19.2 Å². The maximum Gasteiger partial charge on any atom is 0.238 e. The zero-order valence-electron chi connectivity index (χ0n) is 20.4. The zero-order valence-corrected chi connectivity index (χ0v) is 20.4. The molecule has 0 saturated carbocycles. The van der Waals surface area contributed by atoms with Gasteiger partial charge in [0.25, 0.3) is 0 Å². The summed E-state index contributed by atoms with van der Waals surface area (Å²) in [7, 11) is 1.48. The summed E-state index contributed by atoms with van der Waals surface area (Å²) in [5.74, 6) is -3.23. The van der Waals surface area contributed by atoms with Gasteiger partial charge >= 0.3 is 0 Å². The number of phenolic OH excluding ortho intramolecular Hbond substituents is 1. The average molecular weight is 496 g/mol. The highest BCUT2D eigenvalue weighted by molar-refractivity contribution is 6.25. The van der Waals surface area contributed by atoms with Crippen LogP contribution in [0, 0.1) is 17.8 Å². The number of carbonyl (C=O) groups is 4. The number of methoxy groups -OCH3 is 1. The summed E-state index contributed by atoms with van der Waals surface area (Å²) in [5, 5.41) is 11.0. The van der Waals surface area contributed by atoms with Crippen LogP contribution in [0.5, 0.6) is 11.5 Å². The van der Waals surface area contributed by atoms with Crippen LogP contribution in [0.3, 0.4) is 0 Å². The summed E-state index contributed by atoms with van der Waals surface area (Å²) in [5.41, 5.74) is 2.67. The molecule has 1 saturated heterocycles. The van der Waals surface area contributed by atoms with E-state index in [0.29, 0.717) is 40.1 Å². The first-order chi connectivity index (χ1) is 17.8. The topological polar surface area (TPSA) is 101 Å². The van der Waals surface area contributed by atoms with Crippen molar-refractivity contribution in [3.63, 3.8) is 0 Å². The van der Waals surface area contributed by atoms with E-state index in [1.807, 2.05) is 12.1 Å². The SMILES string of the molecule is COc1cccc(O)c1[C@H]1C2=CC[C@@H]3C(=O)N(c4ccccc4)C(=O)[C@@H]3[C@@H]2CC2=C1C(=O)C(C)=CC2=O. The molecule has 186 valence electrons. The molecule has 37 heavy (non-hydrogen) atoms. The minimum atomic E-state index is -0.764. The first-order valence-corrected chi connectivity index (χ1v) is 12.3. The number of fused-ring (bicyclic) bond motifs is 3. The molecule has 7 heteroatoms. The molecule has 4 atom stereocenters. The van der Waals surface area contributed by atoms with Gasteiger partial charge in [-0.2, -0.15) is 0 Å². The number of aromatic hydroxyl groups is 1. The minimum Gasteiger partial charge on any atom is -0.507 e. The van der Waals surface area contributed by atoms with Gasteiger partial charge in [0.05, 0.1) is 24.6 Å². The van der Waals surface area contributed by atoms with Gasteiger partial charge < -0.3 is 9.84 Å². The third-order valence-corrected chi connectivity index (χ3v) is 8.13. The number of hydrogen-bond donors (Lipinski definition) is 1. The summed E-state index contributed by atoms with van der Waals surface area (Å²) < 4.78 is 5.58. The van der Waals surface area contributed by atoms with Gasteiger partial charge in [0.15, 0.2) is 11.6 Å². The van der Waals surface area contributed by atoms with E-state index in [9.17, 15) is 24.3 Å². The second-order valence-electron chi connectivity index (χ2n) is 9.97. The third-order valence-electron chi connectivity index (χ3n) is 8.13. The predicted octanol–water partition coefficient (Wildman–Crippen LogP) is 4.03. The van der Waals surface area contributed by atoms with Crippen molar-refractivity contribution < 1.29 is 29.0 Å². The molecule has 2 amide bonds. The van der Waals surface area contributed by atoms with Crippen molar-refractivity contribution in [3.05, 3.63) is 88.5 Å². The van der Waals surface area contributed by atoms with E-state index in [0.717, 1.165) is 5.57 Å². The maximum atomic E-state index is 13.8. The number of carbonyl (C=O) groups excluding carboxylic acids is 4. The summed E-state index contributed by atoms with van der Waals surface area (Å²) in [4.78, 5) is 55.3. The number of amides is 2. The highest BCUT2D eigenvalue weighted by Gasteiger charge is 2.57. The van der Waals surface area contributed by atoms with Crippen LogP contribution in [0.2, 0.25) is 0 Å². The molecule has 6 rings (SSSR count). The molecule has 1 N–H and O–H groups in total. The van der Waals surface area contributed by atoms with E-state index in [4.69, 9.17) is 4.74 Å². The van der Waals surface area contributed by atoms with Crippen molar-refractivity contribution >= 4 is 29.1 Å². The molecule has 0 radical (unpaired) electrons. The quantitative estimate of drug-likeness (QED) is 0.392. The van der Waals surface area contributed by atoms with E-state index in [-0.39, 0.29) is 35.6 Å². The number of allylic oxidation sites excluding steroid dienone is 6. The molecular formula is C30H25NO6. The number of Topliss-reactive ketones (excluding diaryl/α,β-unsaturated/α-hetero) is 1. The summed E-state index contributed by atoms with van der Waals surface area (Å²) in [6.45, 7) is 1.61. The van der Waals surface area contributed by atoms with Gasteiger partial charge in [-0.15, -0.1) is 0 Å². The van der Waals surface area contributed by atoms with Crippen LogP contribution in [0.25, 0.3) is 0 Å². The summed E-state index contributed by atoms with van der Waals surface area (Å²) in [6, 6.07) is 13.7. The Labute approximate surface area is 213 Å². The lowest BCUT2D eigenvalue weighted by Crippen LogP contribution is -2.40. The standard InChI is InChI=1S/C30H25NO6/c1-15-13-22(33)20-14-19-17(25(26(20)28(15)34)27-21(32)9-6-10-23(27)37-2)11-12-18-24(19)30(36)31(29(18)35)16-7-4-3-5-8-16/h3-11,13,18-19,24-25,32H,12,14H2,1-2H3/t18-,19+,24-,25-/m0/s1. The Balaban J connectivity index is 1.54. The van der Waals surface area contributed by atoms with Gasteiger partial charge in [0, 0.05) is 28.2 Å². The number of phenols is 1. The third kappa shape index (κ3) is 3.26. The molecule has 0 spiro atoms. The molecular weight excluding hydrogens is 470 g/mol. The monoisotopic (exact) mass is 495 g/mol. The second kappa shape index (κ2) is 8.40. The Kier molecular flexibility index (Phi) is 5.26. The lowest BCUT2D eigenvalue weighted by Gasteiger charge is -2.42. The molecule has 7 nitrogen and oxygen atoms in total. The molecule has 4 aliphatic rings. The lowest BCUT2D eigenvalue weighted by molar-refractivity contribution is -0.123. The van der Waals surface area contributed by atoms with Gasteiger partial charge in [0.1, 0.15) is 11.5 Å². The van der Waals surface area contributed by atoms with E-state index >= 15 is 0 Å². The van der Waals surface area contributed by atoms with Crippen LogP contribution < -0.4 is 9.64 Å². The van der Waals surface area contributed by atoms with Crippen molar-refractivity contribution in [1.82, 2.24) is 0 Å². The van der Waals surface area contributed by atoms with Gasteiger partial charge in [-0.25, -0.2) is 0 Å². The van der Waals surface area contributed by atoms with Crippen molar-refractivity contribution in [1.29, 1.82) is 0 Å². The van der Waals surface area contributed by atoms with Crippen LogP contribution in [0.15, 0.2) is 83.0 Å². The highest BCUT2D eigenvalue weighted by Crippen LogP contribution is 2.57. The molecule has 0 unspecified atom stereocenters. The van der Waals surface area contributed by atoms with Crippen LogP contribution in [0.1, 0.15) is 31.2 Å². The van der Waals surface area contributed by atoms with Crippen LogP contribution in [-0.4, -0.2) is 35.6 Å². The number of nitrogens with zero attached hydrogens (tertiary/aromatic N) is 1. The Morgan fingerprint density at radius 2 is 1.70 bits per heavy atom. The van der Waals surface area contributed by atoms with E-state index in [2.05, 4.69) is 0 Å². The molecule has 2 aromatic carbocycles. The number of ketones is 2. The zero-order chi connectivity index (χ0) is 26.0. The van der Waals surface area contributed by atoms with Crippen LogP contribution >= 0.6 is 0 Å². The Morgan fingerprint density at radius 1 is 0.946 bits per heavy atom. The summed E-state index contributed by atoms with van der Waals surface area (Å²) >= 11 is 0. The molecule has 0 aromatic heterocycles. The number of imide groups is 1. The Morgan fingerprint density at radius 3 is 2.43 bits per heavy atom. The molecule has 3 aliphatic carbocycles. The second-order valence-corrected chi connectivity index (χ2v) is 9.97. The first-order valence-electron chi connectivity index (χ1n) is 12.3. The minimum absolute atomic E-state index is 0.0629. The molecule has 1 aliphatic heterocycles. The Bertz CT molecular complexity index is 1480. The highest BCUT2D eigenvalue weighted by atomic mass is 16.5. The van der Waals surface area contributed by atoms with E-state index < -0.39 is 23.7 Å².